The van der Waals surface area contributed by atoms with Crippen molar-refractivity contribution < 1.29 is 4.79 Å². The van der Waals surface area contributed by atoms with E-state index >= 15 is 0 Å². The Kier molecular flexibility index (Phi) is 2.77. The molecule has 0 spiro atoms. The number of rotatable bonds is 2. The monoisotopic (exact) mass is 261 g/mol. The molecule has 0 aliphatic carbocycles. The van der Waals surface area contributed by atoms with E-state index < -0.39 is 0 Å². The number of aromatic nitrogens is 6. The summed E-state index contributed by atoms with van der Waals surface area (Å²) in [5, 5.41) is 14.6. The first-order chi connectivity index (χ1) is 9.15. The van der Waals surface area contributed by atoms with E-state index in [1.165, 1.54) is 0 Å². The Morgan fingerprint density at radius 3 is 3.00 bits per heavy atom. The van der Waals surface area contributed by atoms with Gasteiger partial charge in [-0.2, -0.15) is 0 Å². The van der Waals surface area contributed by atoms with Crippen LogP contribution in [0, 0.1) is 0 Å². The third kappa shape index (κ3) is 2.09. The molecule has 0 bridgehead atoms. The number of carbonyl (C=O) groups excluding carboxylic acids is 1. The van der Waals surface area contributed by atoms with Crippen molar-refractivity contribution in [2.75, 3.05) is 6.54 Å². The van der Waals surface area contributed by atoms with Crippen LogP contribution in [-0.4, -0.2) is 47.3 Å². The largest absolute Gasteiger partial charge is 0.327 e. The number of fused-ring (bicyclic) bond motifs is 1. The second kappa shape index (κ2) is 4.45. The maximum atomic E-state index is 12.3. The van der Waals surface area contributed by atoms with E-state index in [2.05, 4.69) is 25.4 Å². The number of hydrogen-bond donors (Lipinski definition) is 1. The molecule has 0 aromatic carbocycles. The molecule has 0 radical (unpaired) electrons. The van der Waals surface area contributed by atoms with Gasteiger partial charge in [-0.25, -0.2) is 4.98 Å². The van der Waals surface area contributed by atoms with Crippen molar-refractivity contribution in [1.82, 2.24) is 34.8 Å². The number of nitrogens with zero attached hydrogens (tertiary/aromatic N) is 6. The zero-order chi connectivity index (χ0) is 13.4. The summed E-state index contributed by atoms with van der Waals surface area (Å²) < 4.78 is 1.95. The lowest BCUT2D eigenvalue weighted by Crippen LogP contribution is -2.38. The van der Waals surface area contributed by atoms with Crippen LogP contribution in [0.3, 0.4) is 0 Å². The molecule has 8 nitrogen and oxygen atoms in total. The van der Waals surface area contributed by atoms with Crippen molar-refractivity contribution in [3.8, 4) is 0 Å². The topological polar surface area (TPSA) is 92.6 Å². The van der Waals surface area contributed by atoms with Crippen molar-refractivity contribution in [1.29, 1.82) is 0 Å². The minimum Gasteiger partial charge on any atom is -0.327 e. The van der Waals surface area contributed by atoms with E-state index in [4.69, 9.17) is 0 Å². The molecule has 19 heavy (non-hydrogen) atoms. The number of nitrogens with one attached hydrogen (secondary N) is 1. The van der Waals surface area contributed by atoms with Crippen molar-refractivity contribution in [2.45, 2.75) is 32.9 Å². The van der Waals surface area contributed by atoms with Crippen LogP contribution in [0.5, 0.6) is 0 Å². The number of aromatic amines is 1. The van der Waals surface area contributed by atoms with Gasteiger partial charge in [-0.3, -0.25) is 9.89 Å². The fraction of sp³-hybridized carbons (Fsp3) is 0.545. The molecule has 1 N–H and O–H groups in total. The smallest absolute Gasteiger partial charge is 0.293 e. The fourth-order valence-corrected chi connectivity index (χ4v) is 2.01. The van der Waals surface area contributed by atoms with Crippen LogP contribution in [0.1, 0.15) is 42.0 Å². The Labute approximate surface area is 109 Å². The molecule has 3 rings (SSSR count). The Morgan fingerprint density at radius 1 is 1.42 bits per heavy atom. The standard InChI is InChI=1S/C11H15N7O/c1-7(2)9-13-10(16-15-9)11(19)17-3-4-18-6-12-14-8(18)5-17/h6-7H,3-5H2,1-2H3,(H,13,15,16). The molecule has 0 fully saturated rings. The predicted molar refractivity (Wildman–Crippen MR) is 65.2 cm³/mol. The summed E-state index contributed by atoms with van der Waals surface area (Å²) in [6, 6.07) is 0. The van der Waals surface area contributed by atoms with Crippen LogP contribution in [-0.2, 0) is 13.1 Å². The van der Waals surface area contributed by atoms with Crippen LogP contribution in [0.25, 0.3) is 0 Å². The normalized spacial score (nSPS) is 14.8. The number of carbonyl (C=O) groups is 1. The van der Waals surface area contributed by atoms with E-state index in [1.807, 2.05) is 18.4 Å². The third-order valence-corrected chi connectivity index (χ3v) is 3.17. The van der Waals surface area contributed by atoms with Gasteiger partial charge in [-0.05, 0) is 0 Å². The molecule has 1 aliphatic rings. The minimum absolute atomic E-state index is 0.169. The van der Waals surface area contributed by atoms with Gasteiger partial charge in [0.1, 0.15) is 12.2 Å². The van der Waals surface area contributed by atoms with E-state index in [0.29, 0.717) is 19.6 Å². The van der Waals surface area contributed by atoms with E-state index in [1.54, 1.807) is 11.2 Å². The molecule has 1 amide bonds. The van der Waals surface area contributed by atoms with Gasteiger partial charge >= 0.3 is 0 Å². The van der Waals surface area contributed by atoms with Gasteiger partial charge in [0.05, 0.1) is 6.54 Å². The van der Waals surface area contributed by atoms with Crippen LogP contribution in [0.15, 0.2) is 6.33 Å². The summed E-state index contributed by atoms with van der Waals surface area (Å²) in [4.78, 5) is 18.2. The first-order valence-electron chi connectivity index (χ1n) is 6.23. The van der Waals surface area contributed by atoms with E-state index in [-0.39, 0.29) is 17.6 Å². The molecular weight excluding hydrogens is 246 g/mol. The average molecular weight is 261 g/mol. The van der Waals surface area contributed by atoms with E-state index in [9.17, 15) is 4.79 Å². The molecule has 1 aliphatic heterocycles. The number of amides is 1. The summed E-state index contributed by atoms with van der Waals surface area (Å²) >= 11 is 0. The molecule has 0 atom stereocenters. The second-order valence-corrected chi connectivity index (χ2v) is 4.87. The summed E-state index contributed by atoms with van der Waals surface area (Å²) in [5.41, 5.74) is 0. The first-order valence-corrected chi connectivity index (χ1v) is 6.23. The van der Waals surface area contributed by atoms with Gasteiger partial charge in [0, 0.05) is 19.0 Å². The zero-order valence-corrected chi connectivity index (χ0v) is 10.9. The highest BCUT2D eigenvalue weighted by molar-refractivity contribution is 5.90. The van der Waals surface area contributed by atoms with Gasteiger partial charge in [-0.15, -0.1) is 15.3 Å². The van der Waals surface area contributed by atoms with Gasteiger partial charge in [-0.1, -0.05) is 13.8 Å². The zero-order valence-electron chi connectivity index (χ0n) is 10.9. The van der Waals surface area contributed by atoms with Crippen molar-refractivity contribution in [2.24, 2.45) is 0 Å². The summed E-state index contributed by atoms with van der Waals surface area (Å²) in [5.74, 6) is 1.79. The van der Waals surface area contributed by atoms with Gasteiger partial charge in [0.2, 0.25) is 5.82 Å². The van der Waals surface area contributed by atoms with Crippen LogP contribution >= 0.6 is 0 Å². The lowest BCUT2D eigenvalue weighted by atomic mass is 10.2. The van der Waals surface area contributed by atoms with E-state index in [0.717, 1.165) is 11.6 Å². The first kappa shape index (κ1) is 11.8. The molecular formula is C11H15N7O. The average Bonchev–Trinajstić information content (AvgIpc) is 3.06. The Balaban J connectivity index is 1.77. The van der Waals surface area contributed by atoms with Crippen molar-refractivity contribution in [3.63, 3.8) is 0 Å². The fourth-order valence-electron chi connectivity index (χ4n) is 2.01. The molecule has 0 saturated heterocycles. The highest BCUT2D eigenvalue weighted by Crippen LogP contribution is 2.13. The van der Waals surface area contributed by atoms with Crippen LogP contribution < -0.4 is 0 Å². The van der Waals surface area contributed by atoms with Gasteiger partial charge in [0.15, 0.2) is 5.82 Å². The lowest BCUT2D eigenvalue weighted by Gasteiger charge is -2.25. The maximum Gasteiger partial charge on any atom is 0.293 e. The van der Waals surface area contributed by atoms with Crippen LogP contribution in [0.4, 0.5) is 0 Å². The van der Waals surface area contributed by atoms with Gasteiger partial charge in [0.25, 0.3) is 5.91 Å². The highest BCUT2D eigenvalue weighted by Gasteiger charge is 2.25. The number of H-pyrrole nitrogens is 1. The molecule has 8 heteroatoms. The van der Waals surface area contributed by atoms with Gasteiger partial charge < -0.3 is 9.47 Å². The SMILES string of the molecule is CC(C)c1nc(C(=O)N2CCn3cnnc3C2)n[nH]1. The maximum absolute atomic E-state index is 12.3. The Hall–Kier alpha value is -2.25. The minimum atomic E-state index is -0.169. The molecule has 2 aromatic rings. The molecule has 3 heterocycles. The summed E-state index contributed by atoms with van der Waals surface area (Å²) in [6.45, 7) is 5.77. The molecule has 2 aromatic heterocycles. The van der Waals surface area contributed by atoms with Crippen LogP contribution in [0.2, 0.25) is 0 Å². The molecule has 0 unspecified atom stereocenters. The Bertz CT molecular complexity index is 600. The molecule has 0 saturated carbocycles. The number of hydrogen-bond acceptors (Lipinski definition) is 5. The summed E-state index contributed by atoms with van der Waals surface area (Å²) in [7, 11) is 0. The second-order valence-electron chi connectivity index (χ2n) is 4.87. The lowest BCUT2D eigenvalue weighted by molar-refractivity contribution is 0.0695. The third-order valence-electron chi connectivity index (χ3n) is 3.17. The van der Waals surface area contributed by atoms with Crippen molar-refractivity contribution >= 4 is 5.91 Å². The van der Waals surface area contributed by atoms with Crippen molar-refractivity contribution in [3.05, 3.63) is 23.8 Å². The summed E-state index contributed by atoms with van der Waals surface area (Å²) in [6.07, 6.45) is 1.68. The quantitative estimate of drug-likeness (QED) is 0.832. The predicted octanol–water partition coefficient (Wildman–Crippen LogP) is 0.176. The molecule has 100 valence electrons. The Morgan fingerprint density at radius 2 is 2.26 bits per heavy atom. The highest BCUT2D eigenvalue weighted by atomic mass is 16.2.